The first kappa shape index (κ1) is 22.2. The third-order valence-electron chi connectivity index (χ3n) is 5.81. The van der Waals surface area contributed by atoms with E-state index in [0.29, 0.717) is 44.2 Å². The van der Waals surface area contributed by atoms with E-state index in [2.05, 4.69) is 20.2 Å². The van der Waals surface area contributed by atoms with Crippen LogP contribution in [0.25, 0.3) is 0 Å². The number of ether oxygens (including phenoxy) is 1. The molecule has 172 valence electrons. The van der Waals surface area contributed by atoms with Crippen LogP contribution in [0, 0.1) is 15.9 Å². The van der Waals surface area contributed by atoms with Crippen molar-refractivity contribution in [2.45, 2.75) is 6.42 Å². The summed E-state index contributed by atoms with van der Waals surface area (Å²) < 4.78 is 19.5. The highest BCUT2D eigenvalue weighted by atomic mass is 19.1. The molecule has 3 heterocycles. The number of anilines is 3. The van der Waals surface area contributed by atoms with Crippen LogP contribution in [0.15, 0.2) is 30.6 Å². The highest BCUT2D eigenvalue weighted by Gasteiger charge is 2.29. The van der Waals surface area contributed by atoms with Crippen molar-refractivity contribution in [2.75, 3.05) is 80.7 Å². The molecule has 1 aromatic heterocycles. The molecule has 2 fully saturated rings. The van der Waals surface area contributed by atoms with E-state index in [4.69, 9.17) is 4.74 Å². The Morgan fingerprint density at radius 2 is 1.78 bits per heavy atom. The van der Waals surface area contributed by atoms with E-state index in [9.17, 15) is 14.5 Å². The maximum atomic E-state index is 14.1. The third-order valence-corrected chi connectivity index (χ3v) is 5.81. The zero-order valence-electron chi connectivity index (χ0n) is 18.0. The Morgan fingerprint density at radius 1 is 1.06 bits per heavy atom. The van der Waals surface area contributed by atoms with Crippen LogP contribution in [0.1, 0.15) is 6.42 Å². The van der Waals surface area contributed by atoms with Crippen molar-refractivity contribution in [1.29, 1.82) is 0 Å². The minimum Gasteiger partial charge on any atom is -0.379 e. The first-order chi connectivity index (χ1) is 15.6. The minimum atomic E-state index is -0.428. The van der Waals surface area contributed by atoms with E-state index in [1.165, 1.54) is 12.4 Å². The topological polar surface area (TPSA) is 99.9 Å². The number of morpholine rings is 1. The van der Waals surface area contributed by atoms with E-state index in [-0.39, 0.29) is 17.3 Å². The second-order valence-electron chi connectivity index (χ2n) is 7.81. The number of hydrogen-bond donors (Lipinski definition) is 1. The lowest BCUT2D eigenvalue weighted by molar-refractivity contribution is -0.383. The van der Waals surface area contributed by atoms with Gasteiger partial charge in [0.2, 0.25) is 11.6 Å². The van der Waals surface area contributed by atoms with Crippen molar-refractivity contribution < 1.29 is 14.1 Å². The zero-order valence-corrected chi connectivity index (χ0v) is 18.0. The largest absolute Gasteiger partial charge is 0.379 e. The van der Waals surface area contributed by atoms with Gasteiger partial charge in [0.15, 0.2) is 0 Å². The van der Waals surface area contributed by atoms with Gasteiger partial charge in [-0.15, -0.1) is 0 Å². The molecule has 0 radical (unpaired) electrons. The Morgan fingerprint density at radius 3 is 2.50 bits per heavy atom. The Balaban J connectivity index is 1.38. The van der Waals surface area contributed by atoms with Gasteiger partial charge in [-0.2, -0.15) is 0 Å². The van der Waals surface area contributed by atoms with Crippen LogP contribution in [0.5, 0.6) is 0 Å². The standard InChI is InChI=1S/C21H28FN7O3/c22-17-4-1-2-5-18(17)27-8-10-28(11-9-27)21-19(29(30)31)20(24-16-25-21)23-6-3-7-26-12-14-32-15-13-26/h1-2,4-5,16H,3,6-15H2,(H,23,24,25). The Hall–Kier alpha value is -3.05. The van der Waals surface area contributed by atoms with Crippen LogP contribution in [0.4, 0.5) is 27.4 Å². The van der Waals surface area contributed by atoms with Gasteiger partial charge in [-0.25, -0.2) is 14.4 Å². The van der Waals surface area contributed by atoms with Crippen LogP contribution in [-0.2, 0) is 4.74 Å². The Kier molecular flexibility index (Phi) is 7.28. The summed E-state index contributed by atoms with van der Waals surface area (Å²) in [4.78, 5) is 25.9. The fourth-order valence-electron chi connectivity index (χ4n) is 4.10. The summed E-state index contributed by atoms with van der Waals surface area (Å²) in [5.74, 6) is 0.268. The molecule has 32 heavy (non-hydrogen) atoms. The van der Waals surface area contributed by atoms with Gasteiger partial charge >= 0.3 is 5.69 Å². The monoisotopic (exact) mass is 445 g/mol. The fraction of sp³-hybridized carbons (Fsp3) is 0.524. The summed E-state index contributed by atoms with van der Waals surface area (Å²) in [6.45, 7) is 6.90. The number of para-hydroxylation sites is 1. The van der Waals surface area contributed by atoms with Crippen LogP contribution in [-0.4, -0.2) is 85.4 Å². The maximum Gasteiger partial charge on any atom is 0.353 e. The Bertz CT molecular complexity index is 918. The number of nitrogens with zero attached hydrogens (tertiary/aromatic N) is 6. The van der Waals surface area contributed by atoms with Crippen molar-refractivity contribution in [3.63, 3.8) is 0 Å². The summed E-state index contributed by atoms with van der Waals surface area (Å²) in [7, 11) is 0. The molecule has 2 aromatic rings. The van der Waals surface area contributed by atoms with Gasteiger partial charge in [-0.05, 0) is 25.1 Å². The lowest BCUT2D eigenvalue weighted by Crippen LogP contribution is -2.47. The lowest BCUT2D eigenvalue weighted by Gasteiger charge is -2.36. The highest BCUT2D eigenvalue weighted by molar-refractivity contribution is 5.70. The molecule has 0 unspecified atom stereocenters. The minimum absolute atomic E-state index is 0.113. The third kappa shape index (κ3) is 5.22. The second kappa shape index (κ2) is 10.5. The van der Waals surface area contributed by atoms with Crippen molar-refractivity contribution in [3.8, 4) is 0 Å². The number of benzene rings is 1. The molecule has 2 saturated heterocycles. The number of nitro groups is 1. The molecule has 0 atom stereocenters. The van der Waals surface area contributed by atoms with Gasteiger partial charge in [0.05, 0.1) is 23.8 Å². The van der Waals surface area contributed by atoms with Gasteiger partial charge in [0.1, 0.15) is 12.1 Å². The van der Waals surface area contributed by atoms with E-state index in [1.54, 1.807) is 18.2 Å². The quantitative estimate of drug-likeness (QED) is 0.371. The smallest absolute Gasteiger partial charge is 0.353 e. The van der Waals surface area contributed by atoms with Gasteiger partial charge in [0.25, 0.3) is 0 Å². The molecular formula is C21H28FN7O3. The van der Waals surface area contributed by atoms with Gasteiger partial charge in [-0.3, -0.25) is 15.0 Å². The van der Waals surface area contributed by atoms with Crippen LogP contribution in [0.3, 0.4) is 0 Å². The molecule has 0 saturated carbocycles. The van der Waals surface area contributed by atoms with Gasteiger partial charge in [0, 0.05) is 45.8 Å². The summed E-state index contributed by atoms with van der Waals surface area (Å²) in [5, 5.41) is 15.0. The number of rotatable bonds is 8. The molecule has 1 aromatic carbocycles. The summed E-state index contributed by atoms with van der Waals surface area (Å²) in [6, 6.07) is 6.65. The maximum absolute atomic E-state index is 14.1. The molecule has 10 nitrogen and oxygen atoms in total. The van der Waals surface area contributed by atoms with Crippen LogP contribution >= 0.6 is 0 Å². The van der Waals surface area contributed by atoms with Gasteiger partial charge < -0.3 is 19.9 Å². The van der Waals surface area contributed by atoms with Crippen molar-refractivity contribution in [2.24, 2.45) is 0 Å². The van der Waals surface area contributed by atoms with Crippen LogP contribution < -0.4 is 15.1 Å². The molecule has 1 N–H and O–H groups in total. The Labute approximate surface area is 186 Å². The zero-order chi connectivity index (χ0) is 22.3. The van der Waals surface area contributed by atoms with E-state index in [1.807, 2.05) is 9.80 Å². The van der Waals surface area contributed by atoms with Crippen molar-refractivity contribution in [1.82, 2.24) is 14.9 Å². The number of hydrogen-bond acceptors (Lipinski definition) is 9. The predicted octanol–water partition coefficient (Wildman–Crippen LogP) is 1.98. The lowest BCUT2D eigenvalue weighted by atomic mass is 10.2. The molecule has 0 aliphatic carbocycles. The molecule has 0 amide bonds. The molecule has 2 aliphatic heterocycles. The van der Waals surface area contributed by atoms with E-state index in [0.717, 1.165) is 39.3 Å². The predicted molar refractivity (Wildman–Crippen MR) is 120 cm³/mol. The van der Waals surface area contributed by atoms with Gasteiger partial charge in [-0.1, -0.05) is 12.1 Å². The summed E-state index contributed by atoms with van der Waals surface area (Å²) in [5.41, 5.74) is 0.435. The average Bonchev–Trinajstić information content (AvgIpc) is 2.83. The first-order valence-corrected chi connectivity index (χ1v) is 10.9. The number of halogens is 1. The van der Waals surface area contributed by atoms with Crippen molar-refractivity contribution >= 4 is 23.0 Å². The fourth-order valence-corrected chi connectivity index (χ4v) is 4.10. The molecule has 11 heteroatoms. The number of aromatic nitrogens is 2. The highest BCUT2D eigenvalue weighted by Crippen LogP contribution is 2.33. The van der Waals surface area contributed by atoms with Crippen LogP contribution in [0.2, 0.25) is 0 Å². The SMILES string of the molecule is O=[N+]([O-])c1c(NCCCN2CCOCC2)ncnc1N1CCN(c2ccccc2F)CC1. The number of nitrogens with one attached hydrogen (secondary N) is 1. The molecule has 2 aliphatic rings. The van der Waals surface area contributed by atoms with E-state index < -0.39 is 4.92 Å². The summed E-state index contributed by atoms with van der Waals surface area (Å²) in [6.07, 6.45) is 2.20. The second-order valence-corrected chi connectivity index (χ2v) is 7.81. The summed E-state index contributed by atoms with van der Waals surface area (Å²) >= 11 is 0. The van der Waals surface area contributed by atoms with Crippen molar-refractivity contribution in [3.05, 3.63) is 46.5 Å². The molecule has 0 bridgehead atoms. The average molecular weight is 445 g/mol. The molecular weight excluding hydrogens is 417 g/mol. The molecule has 0 spiro atoms. The molecule has 4 rings (SSSR count). The normalized spacial score (nSPS) is 17.4. The number of piperazine rings is 1. The first-order valence-electron chi connectivity index (χ1n) is 10.9. The van der Waals surface area contributed by atoms with E-state index >= 15 is 0 Å².